The van der Waals surface area contributed by atoms with Crippen LogP contribution < -0.4 is 20.0 Å². The first-order valence-electron chi connectivity index (χ1n) is 11.5. The maximum Gasteiger partial charge on any atom is 0.0485 e. The first-order valence-corrected chi connectivity index (χ1v) is 11.5. The second-order valence-electron chi connectivity index (χ2n) is 9.58. The quantitative estimate of drug-likeness (QED) is 0.755. The van der Waals surface area contributed by atoms with Crippen LogP contribution in [0.4, 0.5) is 11.4 Å². The highest BCUT2D eigenvalue weighted by atomic mass is 16.3. The molecule has 1 fully saturated rings. The highest BCUT2D eigenvalue weighted by Gasteiger charge is 2.41. The molecule has 1 aliphatic carbocycles. The number of benzene rings is 2. The van der Waals surface area contributed by atoms with E-state index in [1.807, 2.05) is 55.7 Å². The molecule has 0 spiro atoms. The van der Waals surface area contributed by atoms with E-state index in [1.54, 1.807) is 0 Å². The van der Waals surface area contributed by atoms with Gasteiger partial charge in [0.15, 0.2) is 0 Å². The summed E-state index contributed by atoms with van der Waals surface area (Å²) in [4.78, 5) is 4.32. The van der Waals surface area contributed by atoms with Crippen molar-refractivity contribution in [3.05, 3.63) is 89.8 Å². The molecule has 2 heterocycles. The van der Waals surface area contributed by atoms with E-state index >= 15 is 0 Å². The van der Waals surface area contributed by atoms with Crippen molar-refractivity contribution in [2.75, 3.05) is 23.4 Å². The molecular weight excluding hydrogens is 396 g/mol. The molecule has 1 saturated carbocycles. The van der Waals surface area contributed by atoms with Crippen LogP contribution in [0.3, 0.4) is 0 Å². The number of fused-ring (bicyclic) bond motifs is 2. The Labute approximate surface area is 190 Å². The molecule has 2 aromatic carbocycles. The van der Waals surface area contributed by atoms with Gasteiger partial charge in [0.1, 0.15) is 0 Å². The van der Waals surface area contributed by atoms with Crippen LogP contribution in [0.15, 0.2) is 78.7 Å². The SMILES string of the molecule is CCN1C=CC(=CC2C([O-])C(C=C3N(C)c4ccccc4C3(C)C)C2[O-])c2ccccc21. The van der Waals surface area contributed by atoms with Crippen LogP contribution in [-0.2, 0) is 5.41 Å². The Kier molecular flexibility index (Phi) is 5.03. The number of hydrogen-bond acceptors (Lipinski definition) is 4. The molecule has 2 aliphatic heterocycles. The molecule has 4 heteroatoms. The smallest absolute Gasteiger partial charge is 0.0485 e. The molecule has 0 aromatic heterocycles. The lowest BCUT2D eigenvalue weighted by molar-refractivity contribution is -0.549. The Morgan fingerprint density at radius 2 is 1.53 bits per heavy atom. The van der Waals surface area contributed by atoms with E-state index < -0.39 is 24.0 Å². The van der Waals surface area contributed by atoms with E-state index in [0.29, 0.717) is 0 Å². The molecule has 0 radical (unpaired) electrons. The highest BCUT2D eigenvalue weighted by molar-refractivity contribution is 5.86. The van der Waals surface area contributed by atoms with Crippen molar-refractivity contribution < 1.29 is 10.2 Å². The summed E-state index contributed by atoms with van der Waals surface area (Å²) >= 11 is 0. The summed E-state index contributed by atoms with van der Waals surface area (Å²) in [7, 11) is 2.03. The lowest BCUT2D eigenvalue weighted by Gasteiger charge is -2.60. The second-order valence-corrected chi connectivity index (χ2v) is 9.58. The van der Waals surface area contributed by atoms with Gasteiger partial charge in [-0.3, -0.25) is 0 Å². The molecule has 0 N–H and O–H groups in total. The van der Waals surface area contributed by atoms with Crippen molar-refractivity contribution in [2.24, 2.45) is 11.8 Å². The number of rotatable bonds is 3. The van der Waals surface area contributed by atoms with Crippen molar-refractivity contribution >= 4 is 16.9 Å². The molecule has 0 saturated heterocycles. The molecule has 0 amide bonds. The minimum absolute atomic E-state index is 0.219. The molecule has 2 atom stereocenters. The molecule has 3 aliphatic rings. The summed E-state index contributed by atoms with van der Waals surface area (Å²) in [6.07, 6.45) is 6.12. The van der Waals surface area contributed by atoms with Gasteiger partial charge in [-0.1, -0.05) is 62.4 Å². The van der Waals surface area contributed by atoms with Crippen LogP contribution in [0.5, 0.6) is 0 Å². The van der Waals surface area contributed by atoms with Gasteiger partial charge in [0, 0.05) is 47.8 Å². The molecule has 32 heavy (non-hydrogen) atoms. The van der Waals surface area contributed by atoms with Crippen LogP contribution in [0, 0.1) is 11.8 Å². The standard InChI is InChI=1S/C28H30N2O2/c1-5-30-15-14-18(19-10-6-8-12-23(19)30)16-20-26(31)21(27(20)32)17-25-28(2,3)22-11-7-9-13-24(22)29(25)4/h6-17,20-21,26-27H,5H2,1-4H3/q-2. The minimum Gasteiger partial charge on any atom is -0.851 e. The predicted molar refractivity (Wildman–Crippen MR) is 127 cm³/mol. The van der Waals surface area contributed by atoms with Crippen LogP contribution in [0.1, 0.15) is 31.9 Å². The lowest BCUT2D eigenvalue weighted by Crippen LogP contribution is -2.65. The van der Waals surface area contributed by atoms with E-state index in [4.69, 9.17) is 0 Å². The third-order valence-corrected chi connectivity index (χ3v) is 7.48. The zero-order valence-corrected chi connectivity index (χ0v) is 19.2. The Bertz CT molecular complexity index is 1120. The first-order chi connectivity index (χ1) is 15.3. The zero-order valence-electron chi connectivity index (χ0n) is 19.2. The number of allylic oxidation sites excluding steroid dienone is 3. The molecule has 166 valence electrons. The van der Waals surface area contributed by atoms with Gasteiger partial charge < -0.3 is 20.0 Å². The van der Waals surface area contributed by atoms with Crippen molar-refractivity contribution in [1.29, 1.82) is 0 Å². The van der Waals surface area contributed by atoms with Gasteiger partial charge in [0.2, 0.25) is 0 Å². The van der Waals surface area contributed by atoms with Crippen molar-refractivity contribution in [3.8, 4) is 0 Å². The number of anilines is 2. The highest BCUT2D eigenvalue weighted by Crippen LogP contribution is 2.48. The predicted octanol–water partition coefficient (Wildman–Crippen LogP) is 3.44. The Hall–Kier alpha value is -2.82. The average molecular weight is 427 g/mol. The summed E-state index contributed by atoms with van der Waals surface area (Å²) in [5, 5.41) is 26.4. The van der Waals surface area contributed by atoms with Gasteiger partial charge in [-0.25, -0.2) is 0 Å². The van der Waals surface area contributed by atoms with Gasteiger partial charge in [0.05, 0.1) is 0 Å². The summed E-state index contributed by atoms with van der Waals surface area (Å²) in [6, 6.07) is 16.5. The number of likely N-dealkylation sites (N-methyl/N-ethyl adjacent to an activating group) is 1. The number of para-hydroxylation sites is 2. The maximum absolute atomic E-state index is 13.2. The largest absolute Gasteiger partial charge is 0.851 e. The first kappa shape index (κ1) is 21.0. The van der Waals surface area contributed by atoms with Gasteiger partial charge in [0.25, 0.3) is 0 Å². The van der Waals surface area contributed by atoms with Crippen LogP contribution in [0.2, 0.25) is 0 Å². The van der Waals surface area contributed by atoms with Crippen molar-refractivity contribution in [1.82, 2.24) is 0 Å². The fourth-order valence-electron chi connectivity index (χ4n) is 5.54. The Balaban J connectivity index is 1.42. The lowest BCUT2D eigenvalue weighted by atomic mass is 9.66. The van der Waals surface area contributed by atoms with Crippen LogP contribution in [-0.4, -0.2) is 25.8 Å². The molecule has 2 unspecified atom stereocenters. The monoisotopic (exact) mass is 426 g/mol. The fraction of sp³-hybridized carbons (Fsp3) is 0.357. The average Bonchev–Trinajstić information content (AvgIpc) is 3.00. The molecule has 0 bridgehead atoms. The molecule has 4 nitrogen and oxygen atoms in total. The zero-order chi connectivity index (χ0) is 22.6. The van der Waals surface area contributed by atoms with Crippen LogP contribution >= 0.6 is 0 Å². The van der Waals surface area contributed by atoms with Gasteiger partial charge >= 0.3 is 0 Å². The van der Waals surface area contributed by atoms with Crippen molar-refractivity contribution in [3.63, 3.8) is 0 Å². The van der Waals surface area contributed by atoms with Crippen LogP contribution in [0.25, 0.3) is 5.57 Å². The maximum atomic E-state index is 13.2. The summed E-state index contributed by atoms with van der Waals surface area (Å²) in [5.74, 6) is -1.01. The molecular formula is C28H30N2O2-2. The summed E-state index contributed by atoms with van der Waals surface area (Å²) < 4.78 is 0. The third kappa shape index (κ3) is 3.05. The van der Waals surface area contributed by atoms with E-state index in [1.165, 1.54) is 5.56 Å². The topological polar surface area (TPSA) is 52.6 Å². The van der Waals surface area contributed by atoms with E-state index in [-0.39, 0.29) is 5.41 Å². The van der Waals surface area contributed by atoms with Gasteiger partial charge in [-0.05, 0) is 48.1 Å². The second kappa shape index (κ2) is 7.65. The third-order valence-electron chi connectivity index (χ3n) is 7.48. The van der Waals surface area contributed by atoms with Gasteiger partial charge in [-0.2, -0.15) is 0 Å². The minimum atomic E-state index is -0.921. The van der Waals surface area contributed by atoms with Crippen molar-refractivity contribution in [2.45, 2.75) is 38.4 Å². The Morgan fingerprint density at radius 1 is 0.906 bits per heavy atom. The molecule has 2 aromatic rings. The summed E-state index contributed by atoms with van der Waals surface area (Å²) in [6.45, 7) is 7.32. The van der Waals surface area contributed by atoms with E-state index in [9.17, 15) is 10.2 Å². The van der Waals surface area contributed by atoms with E-state index in [0.717, 1.165) is 34.8 Å². The fourth-order valence-corrected chi connectivity index (χ4v) is 5.54. The normalized spacial score (nSPS) is 30.4. The number of hydrogen-bond donors (Lipinski definition) is 0. The number of nitrogens with zero attached hydrogens (tertiary/aromatic N) is 2. The summed E-state index contributed by atoms with van der Waals surface area (Å²) in [5.41, 5.74) is 6.41. The van der Waals surface area contributed by atoms with E-state index in [2.05, 4.69) is 54.8 Å². The Morgan fingerprint density at radius 3 is 2.22 bits per heavy atom. The molecule has 5 rings (SSSR count). The van der Waals surface area contributed by atoms with Gasteiger partial charge in [-0.15, -0.1) is 12.2 Å².